The zero-order valence-corrected chi connectivity index (χ0v) is 18.4. The van der Waals surface area contributed by atoms with Gasteiger partial charge in [-0.05, 0) is 89.4 Å². The fourth-order valence-electron chi connectivity index (χ4n) is 4.39. The second-order valence-corrected chi connectivity index (χ2v) is 8.60. The average Bonchev–Trinajstić information content (AvgIpc) is 2.82. The molecule has 4 aromatic rings. The molecule has 1 nitrogen and oxygen atoms in total. The molecule has 1 aliphatic rings. The minimum atomic E-state index is 0.610. The van der Waals surface area contributed by atoms with Crippen LogP contribution in [-0.2, 0) is 12.8 Å². The van der Waals surface area contributed by atoms with Crippen LogP contribution < -0.4 is 4.90 Å². The second-order valence-electron chi connectivity index (χ2n) is 8.60. The maximum atomic E-state index is 2.36. The monoisotopic (exact) mass is 403 g/mol. The van der Waals surface area contributed by atoms with Crippen molar-refractivity contribution in [3.63, 3.8) is 0 Å². The van der Waals surface area contributed by atoms with Gasteiger partial charge in [-0.3, -0.25) is 0 Å². The number of hydrogen-bond donors (Lipinski definition) is 0. The van der Waals surface area contributed by atoms with Gasteiger partial charge in [-0.2, -0.15) is 0 Å². The Morgan fingerprint density at radius 1 is 0.645 bits per heavy atom. The highest BCUT2D eigenvalue weighted by atomic mass is 15.1. The van der Waals surface area contributed by atoms with Crippen LogP contribution in [0, 0.1) is 0 Å². The Bertz CT molecular complexity index is 1160. The van der Waals surface area contributed by atoms with Crippen molar-refractivity contribution in [2.24, 2.45) is 0 Å². The van der Waals surface area contributed by atoms with E-state index in [-0.39, 0.29) is 0 Å². The van der Waals surface area contributed by atoms with E-state index >= 15 is 0 Å². The summed E-state index contributed by atoms with van der Waals surface area (Å²) < 4.78 is 0. The van der Waals surface area contributed by atoms with Crippen LogP contribution >= 0.6 is 0 Å². The first kappa shape index (κ1) is 19.6. The minimum Gasteiger partial charge on any atom is -0.310 e. The number of nitrogens with zero attached hydrogens (tertiary/aromatic N) is 1. The van der Waals surface area contributed by atoms with E-state index in [0.717, 1.165) is 0 Å². The quantitative estimate of drug-likeness (QED) is 0.312. The van der Waals surface area contributed by atoms with E-state index in [0.29, 0.717) is 5.92 Å². The third kappa shape index (κ3) is 3.88. The zero-order chi connectivity index (χ0) is 21.2. The van der Waals surface area contributed by atoms with Gasteiger partial charge < -0.3 is 4.90 Å². The molecule has 0 bridgehead atoms. The SMILES string of the molecule is CCC(C)c1ccc(-c2ccc(N(c3ccccc3)c3ccc4c(c3)CC4)cc2)cc1. The molecule has 0 saturated heterocycles. The molecule has 0 spiro atoms. The van der Waals surface area contributed by atoms with Crippen LogP contribution in [0.3, 0.4) is 0 Å². The van der Waals surface area contributed by atoms with Crippen LogP contribution in [0.4, 0.5) is 17.1 Å². The van der Waals surface area contributed by atoms with Crippen molar-refractivity contribution in [2.75, 3.05) is 4.90 Å². The summed E-state index contributed by atoms with van der Waals surface area (Å²) in [5.74, 6) is 0.610. The lowest BCUT2D eigenvalue weighted by Gasteiger charge is -2.28. The molecule has 0 saturated carbocycles. The maximum absolute atomic E-state index is 2.36. The Balaban J connectivity index is 1.48. The highest BCUT2D eigenvalue weighted by molar-refractivity contribution is 5.79. The summed E-state index contributed by atoms with van der Waals surface area (Å²) in [6.45, 7) is 4.54. The topological polar surface area (TPSA) is 3.24 Å². The Kier molecular flexibility index (Phi) is 5.34. The van der Waals surface area contributed by atoms with Crippen molar-refractivity contribution in [2.45, 2.75) is 39.0 Å². The van der Waals surface area contributed by atoms with Gasteiger partial charge in [0.1, 0.15) is 0 Å². The molecule has 0 radical (unpaired) electrons. The summed E-state index contributed by atoms with van der Waals surface area (Å²) in [6, 6.07) is 35.6. The van der Waals surface area contributed by atoms with Crippen LogP contribution in [0.1, 0.15) is 42.9 Å². The fraction of sp³-hybridized carbons (Fsp3) is 0.200. The number of anilines is 3. The highest BCUT2D eigenvalue weighted by Gasteiger charge is 2.18. The molecular formula is C30H29N. The normalized spacial score (nSPS) is 13.2. The molecule has 0 fully saturated rings. The first-order chi connectivity index (χ1) is 15.2. The number of aryl methyl sites for hydroxylation is 2. The van der Waals surface area contributed by atoms with Crippen LogP contribution in [-0.4, -0.2) is 0 Å². The molecule has 1 heteroatoms. The molecule has 154 valence electrons. The molecule has 1 atom stereocenters. The van der Waals surface area contributed by atoms with Crippen LogP contribution in [0.15, 0.2) is 97.1 Å². The van der Waals surface area contributed by atoms with Crippen molar-refractivity contribution in [1.29, 1.82) is 0 Å². The lowest BCUT2D eigenvalue weighted by Crippen LogP contribution is -2.13. The summed E-state index contributed by atoms with van der Waals surface area (Å²) in [4.78, 5) is 2.36. The number of para-hydroxylation sites is 1. The van der Waals surface area contributed by atoms with Gasteiger partial charge >= 0.3 is 0 Å². The van der Waals surface area contributed by atoms with Crippen molar-refractivity contribution in [1.82, 2.24) is 0 Å². The molecule has 0 amide bonds. The van der Waals surface area contributed by atoms with Gasteiger partial charge in [-0.25, -0.2) is 0 Å². The summed E-state index contributed by atoms with van der Waals surface area (Å²) in [7, 11) is 0. The Morgan fingerprint density at radius 2 is 1.23 bits per heavy atom. The van der Waals surface area contributed by atoms with E-state index in [1.165, 1.54) is 64.1 Å². The average molecular weight is 404 g/mol. The van der Waals surface area contributed by atoms with Gasteiger partial charge in [0, 0.05) is 17.1 Å². The van der Waals surface area contributed by atoms with Gasteiger partial charge in [0.05, 0.1) is 0 Å². The first-order valence-electron chi connectivity index (χ1n) is 11.4. The molecule has 31 heavy (non-hydrogen) atoms. The van der Waals surface area contributed by atoms with E-state index < -0.39 is 0 Å². The van der Waals surface area contributed by atoms with Gasteiger partial charge in [0.15, 0.2) is 0 Å². The van der Waals surface area contributed by atoms with E-state index in [1.54, 1.807) is 0 Å². The highest BCUT2D eigenvalue weighted by Crippen LogP contribution is 2.38. The van der Waals surface area contributed by atoms with Crippen molar-refractivity contribution in [3.05, 3.63) is 114 Å². The van der Waals surface area contributed by atoms with E-state index in [1.807, 2.05) is 0 Å². The number of fused-ring (bicyclic) bond motifs is 1. The summed E-state index contributed by atoms with van der Waals surface area (Å²) in [5.41, 5.74) is 10.5. The Morgan fingerprint density at radius 3 is 1.81 bits per heavy atom. The Hall–Kier alpha value is -3.32. The predicted molar refractivity (Wildman–Crippen MR) is 133 cm³/mol. The maximum Gasteiger partial charge on any atom is 0.0464 e. The van der Waals surface area contributed by atoms with E-state index in [4.69, 9.17) is 0 Å². The lowest BCUT2D eigenvalue weighted by molar-refractivity contribution is 0.734. The fourth-order valence-corrected chi connectivity index (χ4v) is 4.39. The summed E-state index contributed by atoms with van der Waals surface area (Å²) in [6.07, 6.45) is 3.58. The number of benzene rings is 4. The Labute approximate surface area is 186 Å². The molecule has 5 rings (SSSR count). The molecule has 4 aromatic carbocycles. The summed E-state index contributed by atoms with van der Waals surface area (Å²) in [5, 5.41) is 0. The largest absolute Gasteiger partial charge is 0.310 e. The summed E-state index contributed by atoms with van der Waals surface area (Å²) >= 11 is 0. The van der Waals surface area contributed by atoms with Gasteiger partial charge in [-0.15, -0.1) is 0 Å². The first-order valence-corrected chi connectivity index (χ1v) is 11.4. The van der Waals surface area contributed by atoms with Gasteiger partial charge in [-0.1, -0.05) is 74.5 Å². The van der Waals surface area contributed by atoms with E-state index in [9.17, 15) is 0 Å². The zero-order valence-electron chi connectivity index (χ0n) is 18.4. The van der Waals surface area contributed by atoms with Crippen LogP contribution in [0.25, 0.3) is 11.1 Å². The second kappa shape index (κ2) is 8.43. The third-order valence-corrected chi connectivity index (χ3v) is 6.68. The van der Waals surface area contributed by atoms with Crippen LogP contribution in [0.5, 0.6) is 0 Å². The lowest BCUT2D eigenvalue weighted by atomic mass is 9.88. The molecule has 0 aliphatic heterocycles. The third-order valence-electron chi connectivity index (χ3n) is 6.68. The predicted octanol–water partition coefficient (Wildman–Crippen LogP) is 8.44. The molecule has 0 N–H and O–H groups in total. The molecule has 0 heterocycles. The number of rotatable bonds is 6. The molecule has 1 unspecified atom stereocenters. The number of hydrogen-bond acceptors (Lipinski definition) is 1. The minimum absolute atomic E-state index is 0.610. The van der Waals surface area contributed by atoms with Crippen molar-refractivity contribution >= 4 is 17.1 Å². The smallest absolute Gasteiger partial charge is 0.0464 e. The molecule has 0 aromatic heterocycles. The van der Waals surface area contributed by atoms with Crippen molar-refractivity contribution < 1.29 is 0 Å². The standard InChI is InChI=1S/C30H29N/c1-3-22(2)23-9-11-24(12-10-23)25-15-18-29(19-16-25)31(28-7-5-4-6-8-28)30-20-17-26-13-14-27(26)21-30/h4-12,15-22H,3,13-14H2,1-2H3. The van der Waals surface area contributed by atoms with E-state index in [2.05, 4.69) is 116 Å². The molecule has 1 aliphatic carbocycles. The van der Waals surface area contributed by atoms with Crippen LogP contribution in [0.2, 0.25) is 0 Å². The van der Waals surface area contributed by atoms with Gasteiger partial charge in [0.25, 0.3) is 0 Å². The van der Waals surface area contributed by atoms with Gasteiger partial charge in [0.2, 0.25) is 0 Å². The molecular weight excluding hydrogens is 374 g/mol. The van der Waals surface area contributed by atoms with Crippen molar-refractivity contribution in [3.8, 4) is 11.1 Å².